The Labute approximate surface area is 105 Å². The van der Waals surface area contributed by atoms with E-state index in [1.165, 1.54) is 12.8 Å². The maximum atomic E-state index is 5.96. The highest BCUT2D eigenvalue weighted by Crippen LogP contribution is 2.15. The lowest BCUT2D eigenvalue weighted by molar-refractivity contribution is 0.597. The standard InChI is InChI=1S/C11H19N7/c1-2-3-4-5-7(12)16-11-17-9(13)8-10(18-11)15-6-14-8/h6-7H,2-5,12H2,1H3,(H4,13,14,15,16,17,18). The van der Waals surface area contributed by atoms with Crippen LogP contribution in [0.15, 0.2) is 6.33 Å². The first-order valence-electron chi connectivity index (χ1n) is 6.19. The van der Waals surface area contributed by atoms with Crippen LogP contribution in [0, 0.1) is 0 Å². The fraction of sp³-hybridized carbons (Fsp3) is 0.545. The van der Waals surface area contributed by atoms with Gasteiger partial charge in [-0.3, -0.25) is 0 Å². The summed E-state index contributed by atoms with van der Waals surface area (Å²) in [7, 11) is 0. The normalized spacial score (nSPS) is 12.8. The van der Waals surface area contributed by atoms with Crippen molar-refractivity contribution in [1.82, 2.24) is 19.9 Å². The third-order valence-corrected chi connectivity index (χ3v) is 2.75. The molecule has 0 spiro atoms. The Morgan fingerprint density at radius 3 is 3.00 bits per heavy atom. The van der Waals surface area contributed by atoms with Crippen LogP contribution in [0.5, 0.6) is 0 Å². The molecule has 0 aliphatic rings. The summed E-state index contributed by atoms with van der Waals surface area (Å²) in [5.41, 5.74) is 13.0. The van der Waals surface area contributed by atoms with E-state index in [1.54, 1.807) is 6.33 Å². The summed E-state index contributed by atoms with van der Waals surface area (Å²) in [6.45, 7) is 2.16. The van der Waals surface area contributed by atoms with Crippen LogP contribution >= 0.6 is 0 Å². The molecule has 2 heterocycles. The molecule has 0 amide bonds. The smallest absolute Gasteiger partial charge is 0.228 e. The highest BCUT2D eigenvalue weighted by atomic mass is 15.2. The van der Waals surface area contributed by atoms with Gasteiger partial charge in [-0.25, -0.2) is 4.98 Å². The zero-order valence-corrected chi connectivity index (χ0v) is 10.5. The molecular weight excluding hydrogens is 230 g/mol. The molecular formula is C11H19N7. The number of hydrogen-bond acceptors (Lipinski definition) is 6. The average Bonchev–Trinajstić information content (AvgIpc) is 2.78. The van der Waals surface area contributed by atoms with Crippen LogP contribution in [0.3, 0.4) is 0 Å². The summed E-state index contributed by atoms with van der Waals surface area (Å²) >= 11 is 0. The van der Waals surface area contributed by atoms with Gasteiger partial charge in [0.2, 0.25) is 5.95 Å². The van der Waals surface area contributed by atoms with Gasteiger partial charge in [-0.15, -0.1) is 0 Å². The Bertz CT molecular complexity index is 507. The first-order chi connectivity index (χ1) is 8.70. The van der Waals surface area contributed by atoms with E-state index in [0.29, 0.717) is 22.9 Å². The van der Waals surface area contributed by atoms with Crippen molar-refractivity contribution >= 4 is 22.9 Å². The molecule has 18 heavy (non-hydrogen) atoms. The third kappa shape index (κ3) is 2.86. The Kier molecular flexibility index (Phi) is 3.93. The Hall–Kier alpha value is -1.89. The summed E-state index contributed by atoms with van der Waals surface area (Å²) in [5.74, 6) is 0.803. The zero-order chi connectivity index (χ0) is 13.0. The minimum absolute atomic E-state index is 0.160. The molecule has 2 aromatic rings. The minimum atomic E-state index is -0.160. The average molecular weight is 249 g/mol. The van der Waals surface area contributed by atoms with Crippen molar-refractivity contribution in [2.24, 2.45) is 5.73 Å². The number of anilines is 2. The fourth-order valence-corrected chi connectivity index (χ4v) is 1.77. The lowest BCUT2D eigenvalue weighted by Gasteiger charge is -2.13. The third-order valence-electron chi connectivity index (χ3n) is 2.75. The van der Waals surface area contributed by atoms with E-state index in [4.69, 9.17) is 11.5 Å². The van der Waals surface area contributed by atoms with Gasteiger partial charge < -0.3 is 21.8 Å². The van der Waals surface area contributed by atoms with Crippen molar-refractivity contribution in [2.45, 2.75) is 38.8 Å². The molecule has 7 nitrogen and oxygen atoms in total. The second-order valence-electron chi connectivity index (χ2n) is 4.28. The predicted octanol–water partition coefficient (Wildman–Crippen LogP) is 1.21. The molecule has 2 aromatic heterocycles. The summed E-state index contributed by atoms with van der Waals surface area (Å²) in [4.78, 5) is 15.3. The number of nitrogens with zero attached hydrogens (tertiary/aromatic N) is 3. The highest BCUT2D eigenvalue weighted by molar-refractivity contribution is 5.82. The van der Waals surface area contributed by atoms with E-state index in [9.17, 15) is 0 Å². The molecule has 0 aliphatic carbocycles. The molecule has 1 atom stereocenters. The first-order valence-corrected chi connectivity index (χ1v) is 6.19. The minimum Gasteiger partial charge on any atom is -0.382 e. The second kappa shape index (κ2) is 5.63. The molecule has 0 saturated carbocycles. The summed E-state index contributed by atoms with van der Waals surface area (Å²) in [6.07, 6.45) is 5.71. The molecule has 6 N–H and O–H groups in total. The van der Waals surface area contributed by atoms with E-state index < -0.39 is 0 Å². The Balaban J connectivity index is 2.02. The van der Waals surface area contributed by atoms with E-state index in [2.05, 4.69) is 32.2 Å². The lowest BCUT2D eigenvalue weighted by Crippen LogP contribution is -2.30. The fourth-order valence-electron chi connectivity index (χ4n) is 1.77. The monoisotopic (exact) mass is 249 g/mol. The van der Waals surface area contributed by atoms with Crippen LogP contribution in [0.2, 0.25) is 0 Å². The number of aromatic amines is 1. The number of rotatable bonds is 6. The van der Waals surface area contributed by atoms with E-state index in [1.807, 2.05) is 0 Å². The van der Waals surface area contributed by atoms with Crippen molar-refractivity contribution in [3.05, 3.63) is 6.33 Å². The zero-order valence-electron chi connectivity index (χ0n) is 10.5. The highest BCUT2D eigenvalue weighted by Gasteiger charge is 2.09. The van der Waals surface area contributed by atoms with Gasteiger partial charge in [-0.2, -0.15) is 9.97 Å². The Morgan fingerprint density at radius 1 is 1.39 bits per heavy atom. The SMILES string of the molecule is CCCCCC(N)Nc1nc(N)c2[nH]cnc2n1. The van der Waals surface area contributed by atoms with Crippen molar-refractivity contribution in [1.29, 1.82) is 0 Å². The number of nitrogens with two attached hydrogens (primary N) is 2. The number of nitrogens with one attached hydrogen (secondary N) is 2. The molecule has 0 saturated heterocycles. The van der Waals surface area contributed by atoms with Gasteiger partial charge in [0, 0.05) is 0 Å². The topological polar surface area (TPSA) is 119 Å². The van der Waals surface area contributed by atoms with E-state index in [-0.39, 0.29) is 6.17 Å². The largest absolute Gasteiger partial charge is 0.382 e. The molecule has 1 unspecified atom stereocenters. The van der Waals surface area contributed by atoms with E-state index in [0.717, 1.165) is 12.8 Å². The maximum absolute atomic E-state index is 5.96. The van der Waals surface area contributed by atoms with Gasteiger partial charge in [-0.05, 0) is 6.42 Å². The predicted molar refractivity (Wildman–Crippen MR) is 71.8 cm³/mol. The van der Waals surface area contributed by atoms with Gasteiger partial charge in [0.1, 0.15) is 5.52 Å². The van der Waals surface area contributed by atoms with Gasteiger partial charge in [-0.1, -0.05) is 26.2 Å². The van der Waals surface area contributed by atoms with Crippen LogP contribution < -0.4 is 16.8 Å². The van der Waals surface area contributed by atoms with Crippen molar-refractivity contribution in [2.75, 3.05) is 11.1 Å². The summed E-state index contributed by atoms with van der Waals surface area (Å²) in [6, 6.07) is 0. The van der Waals surface area contributed by atoms with Crippen molar-refractivity contribution in [3.8, 4) is 0 Å². The number of nitrogen functional groups attached to an aromatic ring is 1. The van der Waals surface area contributed by atoms with Crippen LogP contribution in [0.25, 0.3) is 11.2 Å². The molecule has 2 rings (SSSR count). The molecule has 7 heteroatoms. The van der Waals surface area contributed by atoms with Gasteiger partial charge >= 0.3 is 0 Å². The molecule has 0 radical (unpaired) electrons. The van der Waals surface area contributed by atoms with Gasteiger partial charge in [0.25, 0.3) is 0 Å². The maximum Gasteiger partial charge on any atom is 0.228 e. The first kappa shape index (κ1) is 12.6. The second-order valence-corrected chi connectivity index (χ2v) is 4.28. The molecule has 98 valence electrons. The van der Waals surface area contributed by atoms with Crippen LogP contribution in [0.1, 0.15) is 32.6 Å². The molecule has 0 fully saturated rings. The number of H-pyrrole nitrogens is 1. The number of fused-ring (bicyclic) bond motifs is 1. The van der Waals surface area contributed by atoms with Crippen LogP contribution in [-0.4, -0.2) is 26.1 Å². The molecule has 0 aliphatic heterocycles. The molecule has 0 aromatic carbocycles. The van der Waals surface area contributed by atoms with Crippen molar-refractivity contribution < 1.29 is 0 Å². The van der Waals surface area contributed by atoms with Crippen LogP contribution in [0.4, 0.5) is 11.8 Å². The quantitative estimate of drug-likeness (QED) is 0.451. The van der Waals surface area contributed by atoms with E-state index >= 15 is 0 Å². The van der Waals surface area contributed by atoms with Gasteiger partial charge in [0.15, 0.2) is 11.5 Å². The van der Waals surface area contributed by atoms with Crippen molar-refractivity contribution in [3.63, 3.8) is 0 Å². The summed E-state index contributed by atoms with van der Waals surface area (Å²) < 4.78 is 0. The number of unbranched alkanes of at least 4 members (excludes halogenated alkanes) is 2. The lowest BCUT2D eigenvalue weighted by atomic mass is 10.2. The summed E-state index contributed by atoms with van der Waals surface area (Å²) in [5, 5.41) is 3.05. The van der Waals surface area contributed by atoms with Gasteiger partial charge in [0.05, 0.1) is 12.5 Å². The molecule has 0 bridgehead atoms. The number of imidazole rings is 1. The van der Waals surface area contributed by atoms with Crippen LogP contribution in [-0.2, 0) is 0 Å². The number of hydrogen-bond donors (Lipinski definition) is 4. The number of aromatic nitrogens is 4. The Morgan fingerprint density at radius 2 is 2.22 bits per heavy atom.